The van der Waals surface area contributed by atoms with Crippen molar-refractivity contribution in [3.63, 3.8) is 0 Å². The van der Waals surface area contributed by atoms with Crippen molar-refractivity contribution < 1.29 is 4.92 Å². The number of piperidine rings is 1. The van der Waals surface area contributed by atoms with Crippen molar-refractivity contribution in [2.75, 3.05) is 25.0 Å². The zero-order valence-corrected chi connectivity index (χ0v) is 12.3. The number of nitrogens with one attached hydrogen (secondary N) is 1. The molecular weight excluding hydrogens is 254 g/mol. The summed E-state index contributed by atoms with van der Waals surface area (Å²) in [6.45, 7) is 7.25. The smallest absolute Gasteiger partial charge is 0.274 e. The average molecular weight is 277 g/mol. The van der Waals surface area contributed by atoms with E-state index >= 15 is 0 Å². The fourth-order valence-corrected chi connectivity index (χ4v) is 2.82. The predicted molar refractivity (Wildman–Crippen MR) is 81.2 cm³/mol. The monoisotopic (exact) mass is 277 g/mol. The van der Waals surface area contributed by atoms with Crippen molar-refractivity contribution in [2.24, 2.45) is 0 Å². The number of nitrogens with zero attached hydrogens (tertiary/aromatic N) is 2. The molecule has 5 nitrogen and oxygen atoms in total. The van der Waals surface area contributed by atoms with Crippen LogP contribution < -0.4 is 5.32 Å². The minimum atomic E-state index is -0.324. The Kier molecular flexibility index (Phi) is 4.95. The minimum absolute atomic E-state index is 0.181. The van der Waals surface area contributed by atoms with Crippen LogP contribution in [-0.4, -0.2) is 35.5 Å². The van der Waals surface area contributed by atoms with Gasteiger partial charge in [0.2, 0.25) is 0 Å². The van der Waals surface area contributed by atoms with Gasteiger partial charge in [0, 0.05) is 29.9 Å². The molecule has 2 rings (SSSR count). The van der Waals surface area contributed by atoms with Gasteiger partial charge in [-0.15, -0.1) is 0 Å². The van der Waals surface area contributed by atoms with Crippen LogP contribution in [0.3, 0.4) is 0 Å². The quantitative estimate of drug-likeness (QED) is 0.663. The molecule has 0 aromatic heterocycles. The number of benzene rings is 1. The van der Waals surface area contributed by atoms with Crippen LogP contribution in [0.1, 0.15) is 31.7 Å². The van der Waals surface area contributed by atoms with E-state index in [-0.39, 0.29) is 16.7 Å². The van der Waals surface area contributed by atoms with E-state index in [1.807, 2.05) is 6.07 Å². The third-order valence-electron chi connectivity index (χ3n) is 3.88. The molecule has 0 aliphatic carbocycles. The Bertz CT molecular complexity index is 470. The Hall–Kier alpha value is -1.62. The molecule has 1 aromatic rings. The number of nitro groups is 1. The predicted octanol–water partition coefficient (Wildman–Crippen LogP) is 3.19. The summed E-state index contributed by atoms with van der Waals surface area (Å²) in [5, 5.41) is 14.4. The molecule has 1 fully saturated rings. The van der Waals surface area contributed by atoms with E-state index in [0.717, 1.165) is 12.2 Å². The van der Waals surface area contributed by atoms with E-state index in [0.29, 0.717) is 5.56 Å². The topological polar surface area (TPSA) is 58.4 Å². The molecule has 20 heavy (non-hydrogen) atoms. The first-order valence-electron chi connectivity index (χ1n) is 7.31. The SMILES string of the molecule is Cc1c(NC(C)CN2CCCCC2)cccc1[N+](=O)[O-]. The number of nitro benzene ring substituents is 1. The molecule has 1 aliphatic rings. The Morgan fingerprint density at radius 1 is 1.35 bits per heavy atom. The van der Waals surface area contributed by atoms with Gasteiger partial charge in [0.1, 0.15) is 0 Å². The number of likely N-dealkylation sites (tertiary alicyclic amines) is 1. The van der Waals surface area contributed by atoms with Crippen molar-refractivity contribution in [3.05, 3.63) is 33.9 Å². The summed E-state index contributed by atoms with van der Waals surface area (Å²) in [7, 11) is 0. The normalized spacial score (nSPS) is 17.7. The van der Waals surface area contributed by atoms with Crippen molar-refractivity contribution in [1.29, 1.82) is 0 Å². The molecule has 1 aromatic carbocycles. The lowest BCUT2D eigenvalue weighted by atomic mass is 10.1. The summed E-state index contributed by atoms with van der Waals surface area (Å²) >= 11 is 0. The molecule has 0 radical (unpaired) electrons. The average Bonchev–Trinajstić information content (AvgIpc) is 2.42. The molecule has 5 heteroatoms. The second-order valence-electron chi connectivity index (χ2n) is 5.61. The third kappa shape index (κ3) is 3.70. The van der Waals surface area contributed by atoms with E-state index in [1.165, 1.54) is 32.4 Å². The first-order chi connectivity index (χ1) is 9.58. The molecule has 110 valence electrons. The van der Waals surface area contributed by atoms with Gasteiger partial charge in [-0.25, -0.2) is 0 Å². The van der Waals surface area contributed by atoms with Crippen LogP contribution in [0.15, 0.2) is 18.2 Å². The van der Waals surface area contributed by atoms with Crippen LogP contribution in [0.25, 0.3) is 0 Å². The van der Waals surface area contributed by atoms with E-state index in [2.05, 4.69) is 17.1 Å². The Morgan fingerprint density at radius 3 is 2.70 bits per heavy atom. The summed E-state index contributed by atoms with van der Waals surface area (Å²) in [4.78, 5) is 13.1. The van der Waals surface area contributed by atoms with Gasteiger partial charge in [-0.3, -0.25) is 10.1 Å². The molecule has 0 bridgehead atoms. The summed E-state index contributed by atoms with van der Waals surface area (Å²) < 4.78 is 0. The molecular formula is C15H23N3O2. The molecule has 1 heterocycles. The van der Waals surface area contributed by atoms with E-state index in [9.17, 15) is 10.1 Å². The third-order valence-corrected chi connectivity index (χ3v) is 3.88. The molecule has 0 amide bonds. The highest BCUT2D eigenvalue weighted by Gasteiger charge is 2.16. The van der Waals surface area contributed by atoms with Crippen molar-refractivity contribution in [3.8, 4) is 0 Å². The van der Waals surface area contributed by atoms with Gasteiger partial charge in [-0.1, -0.05) is 12.5 Å². The van der Waals surface area contributed by atoms with Gasteiger partial charge in [0.15, 0.2) is 0 Å². The number of anilines is 1. The second kappa shape index (κ2) is 6.70. The van der Waals surface area contributed by atoms with Gasteiger partial charge in [-0.2, -0.15) is 0 Å². The molecule has 1 unspecified atom stereocenters. The van der Waals surface area contributed by atoms with Gasteiger partial charge in [-0.05, 0) is 45.8 Å². The molecule has 1 saturated heterocycles. The Balaban J connectivity index is 1.98. The standard InChI is InChI=1S/C15H23N3O2/c1-12(11-17-9-4-3-5-10-17)16-14-7-6-8-15(13(14)2)18(19)20/h6-8,12,16H,3-5,9-11H2,1-2H3. The second-order valence-corrected chi connectivity index (χ2v) is 5.61. The maximum Gasteiger partial charge on any atom is 0.274 e. The Morgan fingerprint density at radius 2 is 2.05 bits per heavy atom. The summed E-state index contributed by atoms with van der Waals surface area (Å²) in [5.41, 5.74) is 1.76. The Labute approximate surface area is 120 Å². The van der Waals surface area contributed by atoms with Crippen molar-refractivity contribution in [2.45, 2.75) is 39.2 Å². The molecule has 0 spiro atoms. The van der Waals surface area contributed by atoms with E-state index < -0.39 is 0 Å². The fourth-order valence-electron chi connectivity index (χ4n) is 2.82. The van der Waals surface area contributed by atoms with Gasteiger partial charge in [0.25, 0.3) is 5.69 Å². The van der Waals surface area contributed by atoms with Gasteiger partial charge in [0.05, 0.1) is 4.92 Å². The van der Waals surface area contributed by atoms with Crippen LogP contribution in [0.4, 0.5) is 11.4 Å². The first kappa shape index (κ1) is 14.8. The summed E-state index contributed by atoms with van der Waals surface area (Å²) in [6, 6.07) is 5.49. The van der Waals surface area contributed by atoms with Crippen LogP contribution in [0, 0.1) is 17.0 Å². The molecule has 1 atom stereocenters. The van der Waals surface area contributed by atoms with Gasteiger partial charge < -0.3 is 10.2 Å². The molecule has 0 saturated carbocycles. The van der Waals surface area contributed by atoms with Crippen molar-refractivity contribution in [1.82, 2.24) is 4.90 Å². The van der Waals surface area contributed by atoms with Gasteiger partial charge >= 0.3 is 0 Å². The van der Waals surface area contributed by atoms with Crippen LogP contribution in [0.5, 0.6) is 0 Å². The van der Waals surface area contributed by atoms with Crippen molar-refractivity contribution >= 4 is 11.4 Å². The fraction of sp³-hybridized carbons (Fsp3) is 0.600. The number of hydrogen-bond acceptors (Lipinski definition) is 4. The molecule has 1 aliphatic heterocycles. The lowest BCUT2D eigenvalue weighted by Gasteiger charge is -2.30. The zero-order chi connectivity index (χ0) is 14.5. The maximum atomic E-state index is 10.9. The highest BCUT2D eigenvalue weighted by molar-refractivity contribution is 5.60. The summed E-state index contributed by atoms with van der Waals surface area (Å²) in [5.74, 6) is 0. The lowest BCUT2D eigenvalue weighted by molar-refractivity contribution is -0.385. The largest absolute Gasteiger partial charge is 0.381 e. The van der Waals surface area contributed by atoms with Crippen LogP contribution in [-0.2, 0) is 0 Å². The number of rotatable bonds is 5. The number of hydrogen-bond donors (Lipinski definition) is 1. The highest BCUT2D eigenvalue weighted by Crippen LogP contribution is 2.25. The van der Waals surface area contributed by atoms with Crippen LogP contribution in [0.2, 0.25) is 0 Å². The molecule has 1 N–H and O–H groups in total. The minimum Gasteiger partial charge on any atom is -0.381 e. The first-order valence-corrected chi connectivity index (χ1v) is 7.31. The summed E-state index contributed by atoms with van der Waals surface area (Å²) in [6.07, 6.45) is 3.90. The zero-order valence-electron chi connectivity index (χ0n) is 12.3. The van der Waals surface area contributed by atoms with E-state index in [4.69, 9.17) is 0 Å². The van der Waals surface area contributed by atoms with Crippen LogP contribution >= 0.6 is 0 Å². The lowest BCUT2D eigenvalue weighted by Crippen LogP contribution is -2.38. The van der Waals surface area contributed by atoms with E-state index in [1.54, 1.807) is 19.1 Å². The maximum absolute atomic E-state index is 10.9. The highest BCUT2D eigenvalue weighted by atomic mass is 16.6.